The van der Waals surface area contributed by atoms with Gasteiger partial charge in [0.25, 0.3) is 0 Å². The Labute approximate surface area is 127 Å². The number of sulfone groups is 1. The van der Waals surface area contributed by atoms with Gasteiger partial charge in [0.05, 0.1) is 9.72 Å². The molecule has 6 heteroatoms. The molecule has 0 bridgehead atoms. The second kappa shape index (κ2) is 6.12. The Morgan fingerprint density at radius 2 is 2.10 bits per heavy atom. The van der Waals surface area contributed by atoms with Gasteiger partial charge in [-0.1, -0.05) is 12.5 Å². The Kier molecular flexibility index (Phi) is 4.87. The summed E-state index contributed by atoms with van der Waals surface area (Å²) in [6.07, 6.45) is 4.30. The highest BCUT2D eigenvalue weighted by Crippen LogP contribution is 2.36. The molecule has 1 aliphatic rings. The fraction of sp³-hybridized carbons (Fsp3) is 0.571. The summed E-state index contributed by atoms with van der Waals surface area (Å²) in [7, 11) is -3.03. The van der Waals surface area contributed by atoms with Crippen LogP contribution in [0.15, 0.2) is 22.7 Å². The highest BCUT2D eigenvalue weighted by molar-refractivity contribution is 9.10. The molecule has 3 unspecified atom stereocenters. The minimum Gasteiger partial charge on any atom is -0.324 e. The van der Waals surface area contributed by atoms with E-state index in [1.165, 1.54) is 12.3 Å². The Balaban J connectivity index is 2.16. The Morgan fingerprint density at radius 1 is 1.40 bits per heavy atom. The molecule has 0 heterocycles. The number of hydrogen-bond acceptors (Lipinski definition) is 3. The van der Waals surface area contributed by atoms with Gasteiger partial charge in [-0.25, -0.2) is 12.8 Å². The van der Waals surface area contributed by atoms with E-state index in [9.17, 15) is 12.8 Å². The molecule has 112 valence electrons. The van der Waals surface area contributed by atoms with Gasteiger partial charge in [-0.05, 0) is 58.8 Å². The highest BCUT2D eigenvalue weighted by atomic mass is 79.9. The van der Waals surface area contributed by atoms with Crippen LogP contribution < -0.4 is 5.73 Å². The van der Waals surface area contributed by atoms with E-state index in [0.29, 0.717) is 17.3 Å². The molecule has 0 aromatic heterocycles. The maximum atomic E-state index is 13.6. The average molecular weight is 364 g/mol. The molecule has 0 aliphatic heterocycles. The Morgan fingerprint density at radius 3 is 2.70 bits per heavy atom. The van der Waals surface area contributed by atoms with Crippen LogP contribution in [-0.2, 0) is 9.84 Å². The molecule has 1 fully saturated rings. The summed E-state index contributed by atoms with van der Waals surface area (Å²) in [5.74, 6) is -0.252. The van der Waals surface area contributed by atoms with Gasteiger partial charge in [-0.15, -0.1) is 0 Å². The molecular weight excluding hydrogens is 345 g/mol. The second-order valence-corrected chi connectivity index (χ2v) is 8.76. The minimum absolute atomic E-state index is 0.0871. The zero-order chi connectivity index (χ0) is 14.9. The maximum absolute atomic E-state index is 13.6. The summed E-state index contributed by atoms with van der Waals surface area (Å²) < 4.78 is 37.3. The molecular formula is C14H19BrFNO2S. The summed E-state index contributed by atoms with van der Waals surface area (Å²) in [5.41, 5.74) is 6.94. The van der Waals surface area contributed by atoms with Crippen molar-refractivity contribution in [2.45, 2.75) is 37.0 Å². The lowest BCUT2D eigenvalue weighted by atomic mass is 9.81. The van der Waals surface area contributed by atoms with Crippen molar-refractivity contribution in [3.8, 4) is 0 Å². The van der Waals surface area contributed by atoms with Crippen LogP contribution in [-0.4, -0.2) is 19.9 Å². The van der Waals surface area contributed by atoms with E-state index >= 15 is 0 Å². The summed E-state index contributed by atoms with van der Waals surface area (Å²) in [5, 5.41) is -0.312. The summed E-state index contributed by atoms with van der Waals surface area (Å²) >= 11 is 3.12. The SMILES string of the molecule is CS(=O)(=O)C1CCCC(C(N)c2ccc(Br)c(F)c2)C1. The van der Waals surface area contributed by atoms with Crippen LogP contribution in [0.2, 0.25) is 0 Å². The number of hydrogen-bond donors (Lipinski definition) is 1. The smallest absolute Gasteiger partial charge is 0.150 e. The summed E-state index contributed by atoms with van der Waals surface area (Å²) in [6, 6.07) is 4.55. The van der Waals surface area contributed by atoms with Crippen LogP contribution in [0.4, 0.5) is 4.39 Å². The van der Waals surface area contributed by atoms with E-state index in [0.717, 1.165) is 18.4 Å². The van der Waals surface area contributed by atoms with Crippen molar-refractivity contribution in [3.63, 3.8) is 0 Å². The third kappa shape index (κ3) is 3.59. The van der Waals surface area contributed by atoms with Crippen LogP contribution in [0, 0.1) is 11.7 Å². The third-order valence-corrected chi connectivity index (χ3v) is 6.39. The molecule has 1 aliphatic carbocycles. The first-order chi connectivity index (χ1) is 9.29. The molecule has 0 spiro atoms. The number of nitrogens with two attached hydrogens (primary N) is 1. The minimum atomic E-state index is -3.03. The molecule has 2 N–H and O–H groups in total. The maximum Gasteiger partial charge on any atom is 0.150 e. The zero-order valence-corrected chi connectivity index (χ0v) is 13.8. The predicted octanol–water partition coefficient (Wildman–Crippen LogP) is 3.19. The summed E-state index contributed by atoms with van der Waals surface area (Å²) in [6.45, 7) is 0. The molecule has 0 amide bonds. The van der Waals surface area contributed by atoms with Gasteiger partial charge in [-0.3, -0.25) is 0 Å². The van der Waals surface area contributed by atoms with Crippen molar-refractivity contribution in [2.75, 3.05) is 6.26 Å². The molecule has 3 atom stereocenters. The van der Waals surface area contributed by atoms with E-state index in [4.69, 9.17) is 5.73 Å². The molecule has 0 radical (unpaired) electrons. The monoisotopic (exact) mass is 363 g/mol. The summed E-state index contributed by atoms with van der Waals surface area (Å²) in [4.78, 5) is 0. The number of halogens is 2. The first-order valence-corrected chi connectivity index (χ1v) is 9.43. The van der Waals surface area contributed by atoms with Gasteiger partial charge < -0.3 is 5.73 Å². The third-order valence-electron chi connectivity index (χ3n) is 4.11. The van der Waals surface area contributed by atoms with Crippen molar-refractivity contribution in [1.29, 1.82) is 0 Å². The van der Waals surface area contributed by atoms with Crippen molar-refractivity contribution >= 4 is 25.8 Å². The quantitative estimate of drug-likeness (QED) is 0.896. The number of benzene rings is 1. The van der Waals surface area contributed by atoms with Crippen LogP contribution in [0.3, 0.4) is 0 Å². The van der Waals surface area contributed by atoms with Gasteiger partial charge in [0, 0.05) is 12.3 Å². The van der Waals surface area contributed by atoms with Crippen LogP contribution in [0.25, 0.3) is 0 Å². The van der Waals surface area contributed by atoms with E-state index in [-0.39, 0.29) is 23.0 Å². The first-order valence-electron chi connectivity index (χ1n) is 6.68. The highest BCUT2D eigenvalue weighted by Gasteiger charge is 2.32. The second-order valence-electron chi connectivity index (χ2n) is 5.58. The van der Waals surface area contributed by atoms with E-state index in [2.05, 4.69) is 15.9 Å². The molecule has 1 aromatic rings. The fourth-order valence-corrected chi connectivity index (χ4v) is 4.33. The van der Waals surface area contributed by atoms with Crippen LogP contribution >= 0.6 is 15.9 Å². The van der Waals surface area contributed by atoms with E-state index in [1.54, 1.807) is 12.1 Å². The Bertz CT molecular complexity index is 591. The van der Waals surface area contributed by atoms with Crippen molar-refractivity contribution in [1.82, 2.24) is 0 Å². The van der Waals surface area contributed by atoms with Gasteiger partial charge in [0.2, 0.25) is 0 Å². The lowest BCUT2D eigenvalue weighted by molar-refractivity contribution is 0.308. The van der Waals surface area contributed by atoms with Gasteiger partial charge in [0.15, 0.2) is 0 Å². The van der Waals surface area contributed by atoms with Gasteiger partial charge in [-0.2, -0.15) is 0 Å². The molecule has 20 heavy (non-hydrogen) atoms. The van der Waals surface area contributed by atoms with E-state index in [1.807, 2.05) is 0 Å². The molecule has 3 nitrogen and oxygen atoms in total. The molecule has 0 saturated heterocycles. The number of rotatable bonds is 3. The zero-order valence-electron chi connectivity index (χ0n) is 11.4. The average Bonchev–Trinajstić information content (AvgIpc) is 2.40. The lowest BCUT2D eigenvalue weighted by Crippen LogP contribution is -2.33. The predicted molar refractivity (Wildman–Crippen MR) is 81.6 cm³/mol. The largest absolute Gasteiger partial charge is 0.324 e. The fourth-order valence-electron chi connectivity index (χ4n) is 2.89. The van der Waals surface area contributed by atoms with Gasteiger partial charge in [0.1, 0.15) is 15.7 Å². The van der Waals surface area contributed by atoms with Crippen LogP contribution in [0.5, 0.6) is 0 Å². The van der Waals surface area contributed by atoms with Crippen molar-refractivity contribution in [3.05, 3.63) is 34.1 Å². The van der Waals surface area contributed by atoms with Crippen LogP contribution in [0.1, 0.15) is 37.3 Å². The molecule has 1 aromatic carbocycles. The van der Waals surface area contributed by atoms with Crippen molar-refractivity contribution in [2.24, 2.45) is 11.7 Å². The molecule has 1 saturated carbocycles. The lowest BCUT2D eigenvalue weighted by Gasteiger charge is -2.32. The Hall–Kier alpha value is -0.460. The topological polar surface area (TPSA) is 60.2 Å². The standard InChI is InChI=1S/C14H19BrFNO2S/c1-20(18,19)11-4-2-3-9(7-11)14(17)10-5-6-12(15)13(16)8-10/h5-6,8-9,11,14H,2-4,7,17H2,1H3. The first kappa shape index (κ1) is 15.9. The molecule has 2 rings (SSSR count). The van der Waals surface area contributed by atoms with Gasteiger partial charge >= 0.3 is 0 Å². The normalized spacial score (nSPS) is 25.4. The van der Waals surface area contributed by atoms with Crippen molar-refractivity contribution < 1.29 is 12.8 Å². The van der Waals surface area contributed by atoms with E-state index < -0.39 is 9.84 Å².